The van der Waals surface area contributed by atoms with Crippen molar-refractivity contribution in [2.24, 2.45) is 0 Å². The highest BCUT2D eigenvalue weighted by Crippen LogP contribution is 2.38. The molecule has 2 amide bonds. The zero-order valence-corrected chi connectivity index (χ0v) is 21.4. The highest BCUT2D eigenvalue weighted by molar-refractivity contribution is 6.14. The summed E-state index contributed by atoms with van der Waals surface area (Å²) in [5.41, 5.74) is 0.947. The van der Waals surface area contributed by atoms with E-state index in [1.54, 1.807) is 19.1 Å². The number of carbonyl (C=O) groups excluding carboxylic acids is 2. The van der Waals surface area contributed by atoms with Crippen LogP contribution in [0.3, 0.4) is 0 Å². The third-order valence-electron chi connectivity index (χ3n) is 7.73. The lowest BCUT2D eigenvalue weighted by atomic mass is 9.91. The molecule has 3 aromatic rings. The molecule has 190 valence electrons. The monoisotopic (exact) mass is 489 g/mol. The van der Waals surface area contributed by atoms with Gasteiger partial charge in [-0.15, -0.1) is 0 Å². The molecule has 5 rings (SSSR count). The number of carbonyl (C=O) groups is 2. The first-order valence-electron chi connectivity index (χ1n) is 12.9. The number of hydrogen-bond acceptors (Lipinski definition) is 4. The zero-order valence-electron chi connectivity index (χ0n) is 21.4. The summed E-state index contributed by atoms with van der Waals surface area (Å²) in [4.78, 5) is 29.8. The lowest BCUT2D eigenvalue weighted by Gasteiger charge is -2.44. The van der Waals surface area contributed by atoms with E-state index in [1.165, 1.54) is 19.3 Å². The fourth-order valence-corrected chi connectivity index (χ4v) is 5.69. The lowest BCUT2D eigenvalue weighted by Crippen LogP contribution is -2.65. The van der Waals surface area contributed by atoms with Crippen LogP contribution in [0.25, 0.3) is 10.9 Å². The van der Waals surface area contributed by atoms with E-state index in [4.69, 9.17) is 9.47 Å². The Hall–Kier alpha value is -3.48. The Balaban J connectivity index is 1.59. The van der Waals surface area contributed by atoms with E-state index in [9.17, 15) is 9.59 Å². The second-order valence-corrected chi connectivity index (χ2v) is 10.2. The molecule has 0 spiro atoms. The van der Waals surface area contributed by atoms with Crippen LogP contribution < -0.4 is 19.7 Å². The number of rotatable bonds is 5. The van der Waals surface area contributed by atoms with Gasteiger partial charge in [-0.3, -0.25) is 14.5 Å². The highest BCUT2D eigenvalue weighted by atomic mass is 16.5. The molecule has 7 nitrogen and oxygen atoms in total. The third-order valence-corrected chi connectivity index (χ3v) is 7.73. The number of amides is 2. The standard InChI is InChI=1S/C29H35N3O4/c1-29(28(34)30-21-10-7-5-4-6-8-11-21)19-31-25-18-24(36-3)15-14-20(25)16-26(31)27(33)32(29)22-12-9-13-23(17-22)35-2/h9,12-18,21H,4-8,10-11,19H2,1-3H3,(H,30,34)/t29-/m0/s1. The van der Waals surface area contributed by atoms with Gasteiger partial charge in [0.1, 0.15) is 22.7 Å². The number of fused-ring (bicyclic) bond motifs is 3. The molecule has 1 aliphatic heterocycles. The summed E-state index contributed by atoms with van der Waals surface area (Å²) in [7, 11) is 3.23. The van der Waals surface area contributed by atoms with Crippen molar-refractivity contribution in [3.05, 3.63) is 54.2 Å². The summed E-state index contributed by atoms with van der Waals surface area (Å²) in [5, 5.41) is 4.28. The molecule has 1 fully saturated rings. The van der Waals surface area contributed by atoms with Crippen LogP contribution in [0.5, 0.6) is 11.5 Å². The minimum atomic E-state index is -1.13. The first-order chi connectivity index (χ1) is 17.4. The summed E-state index contributed by atoms with van der Waals surface area (Å²) in [6.45, 7) is 2.21. The molecule has 2 aliphatic rings. The van der Waals surface area contributed by atoms with Gasteiger partial charge in [-0.25, -0.2) is 0 Å². The molecule has 7 heteroatoms. The fraction of sp³-hybridized carbons (Fsp3) is 0.448. The van der Waals surface area contributed by atoms with Crippen LogP contribution in [0.4, 0.5) is 5.69 Å². The van der Waals surface area contributed by atoms with Gasteiger partial charge in [-0.1, -0.05) is 38.2 Å². The Morgan fingerprint density at radius 1 is 0.944 bits per heavy atom. The number of hydrogen-bond donors (Lipinski definition) is 1. The van der Waals surface area contributed by atoms with Gasteiger partial charge in [0.2, 0.25) is 5.91 Å². The van der Waals surface area contributed by atoms with Gasteiger partial charge < -0.3 is 19.4 Å². The number of benzene rings is 2. The molecule has 1 saturated carbocycles. The van der Waals surface area contributed by atoms with Crippen LogP contribution in [-0.4, -0.2) is 42.2 Å². The largest absolute Gasteiger partial charge is 0.497 e. The molecule has 0 radical (unpaired) electrons. The zero-order chi connectivity index (χ0) is 25.3. The van der Waals surface area contributed by atoms with E-state index < -0.39 is 5.54 Å². The first kappa shape index (κ1) is 24.2. The summed E-state index contributed by atoms with van der Waals surface area (Å²) in [6, 6.07) is 15.2. The summed E-state index contributed by atoms with van der Waals surface area (Å²) in [6.07, 6.45) is 7.87. The number of ether oxygens (including phenoxy) is 2. The number of nitrogens with one attached hydrogen (secondary N) is 1. The number of methoxy groups -OCH3 is 2. The van der Waals surface area contributed by atoms with Crippen molar-refractivity contribution in [2.75, 3.05) is 19.1 Å². The molecule has 2 aromatic carbocycles. The van der Waals surface area contributed by atoms with Gasteiger partial charge in [0.25, 0.3) is 5.91 Å². The Morgan fingerprint density at radius 2 is 1.64 bits per heavy atom. The molecule has 1 aromatic heterocycles. The van der Waals surface area contributed by atoms with Crippen molar-refractivity contribution in [1.29, 1.82) is 0 Å². The van der Waals surface area contributed by atoms with Crippen LogP contribution in [0.2, 0.25) is 0 Å². The van der Waals surface area contributed by atoms with Crippen molar-refractivity contribution in [2.45, 2.75) is 70.0 Å². The Labute approximate surface area is 212 Å². The van der Waals surface area contributed by atoms with Gasteiger partial charge in [0, 0.05) is 29.2 Å². The molecular formula is C29H35N3O4. The van der Waals surface area contributed by atoms with Gasteiger partial charge in [0.05, 0.1) is 26.3 Å². The van der Waals surface area contributed by atoms with E-state index >= 15 is 0 Å². The predicted octanol–water partition coefficient (Wildman–Crippen LogP) is 5.31. The van der Waals surface area contributed by atoms with E-state index in [0.29, 0.717) is 29.4 Å². The molecule has 0 bridgehead atoms. The summed E-state index contributed by atoms with van der Waals surface area (Å²) < 4.78 is 12.9. The van der Waals surface area contributed by atoms with Crippen molar-refractivity contribution < 1.29 is 19.1 Å². The minimum absolute atomic E-state index is 0.125. The second kappa shape index (κ2) is 9.88. The highest BCUT2D eigenvalue weighted by Gasteiger charge is 2.49. The molecule has 1 N–H and O–H groups in total. The third kappa shape index (κ3) is 4.31. The lowest BCUT2D eigenvalue weighted by molar-refractivity contribution is -0.127. The molecular weight excluding hydrogens is 454 g/mol. The maximum absolute atomic E-state index is 14.1. The number of anilines is 1. The average Bonchev–Trinajstić information content (AvgIpc) is 3.23. The summed E-state index contributed by atoms with van der Waals surface area (Å²) >= 11 is 0. The topological polar surface area (TPSA) is 72.8 Å². The molecule has 36 heavy (non-hydrogen) atoms. The van der Waals surface area contributed by atoms with E-state index in [1.807, 2.05) is 60.0 Å². The Bertz CT molecular complexity index is 1270. The van der Waals surface area contributed by atoms with Gasteiger partial charge >= 0.3 is 0 Å². The summed E-state index contributed by atoms with van der Waals surface area (Å²) in [5.74, 6) is 1.02. The quantitative estimate of drug-likeness (QED) is 0.527. The maximum Gasteiger partial charge on any atom is 0.275 e. The fourth-order valence-electron chi connectivity index (χ4n) is 5.69. The smallest absolute Gasteiger partial charge is 0.275 e. The molecule has 2 heterocycles. The van der Waals surface area contributed by atoms with Crippen molar-refractivity contribution >= 4 is 28.4 Å². The minimum Gasteiger partial charge on any atom is -0.497 e. The van der Waals surface area contributed by atoms with E-state index in [0.717, 1.165) is 36.6 Å². The van der Waals surface area contributed by atoms with Gasteiger partial charge in [-0.2, -0.15) is 0 Å². The van der Waals surface area contributed by atoms with Crippen molar-refractivity contribution in [3.63, 3.8) is 0 Å². The second-order valence-electron chi connectivity index (χ2n) is 10.2. The maximum atomic E-state index is 14.1. The van der Waals surface area contributed by atoms with E-state index in [2.05, 4.69) is 5.32 Å². The number of aromatic nitrogens is 1. The van der Waals surface area contributed by atoms with Crippen molar-refractivity contribution in [3.8, 4) is 11.5 Å². The van der Waals surface area contributed by atoms with E-state index in [-0.39, 0.29) is 17.9 Å². The number of nitrogens with zero attached hydrogens (tertiary/aromatic N) is 2. The molecule has 1 atom stereocenters. The first-order valence-corrected chi connectivity index (χ1v) is 12.9. The SMILES string of the molecule is COc1cccc(N2C(=O)c3cc4ccc(OC)cc4n3C[C@@]2(C)C(=O)NC2CCCCCCC2)c1. The Kier molecular flexibility index (Phi) is 6.65. The molecule has 1 aliphatic carbocycles. The van der Waals surface area contributed by atoms with Gasteiger partial charge in [-0.05, 0) is 50.1 Å². The molecule has 0 saturated heterocycles. The molecule has 0 unspecified atom stereocenters. The van der Waals surface area contributed by atoms with Gasteiger partial charge in [0.15, 0.2) is 0 Å². The van der Waals surface area contributed by atoms with Crippen LogP contribution >= 0.6 is 0 Å². The van der Waals surface area contributed by atoms with Crippen LogP contribution in [0.15, 0.2) is 48.5 Å². The van der Waals surface area contributed by atoms with Crippen LogP contribution in [0, 0.1) is 0 Å². The predicted molar refractivity (Wildman–Crippen MR) is 141 cm³/mol. The van der Waals surface area contributed by atoms with Crippen LogP contribution in [-0.2, 0) is 11.3 Å². The normalized spacial score (nSPS) is 21.0. The Morgan fingerprint density at radius 3 is 2.36 bits per heavy atom. The van der Waals surface area contributed by atoms with Crippen LogP contribution in [0.1, 0.15) is 62.4 Å². The van der Waals surface area contributed by atoms with Crippen molar-refractivity contribution in [1.82, 2.24) is 9.88 Å². The average molecular weight is 490 g/mol.